The van der Waals surface area contributed by atoms with Crippen LogP contribution in [-0.2, 0) is 0 Å². The van der Waals surface area contributed by atoms with Crippen LogP contribution in [0.2, 0.25) is 0 Å². The van der Waals surface area contributed by atoms with Crippen LogP contribution in [-0.4, -0.2) is 40.0 Å². The van der Waals surface area contributed by atoms with Gasteiger partial charge >= 0.3 is 0 Å². The van der Waals surface area contributed by atoms with Crippen LogP contribution in [0.15, 0.2) is 42.9 Å². The first-order chi connectivity index (χ1) is 10.2. The molecule has 1 unspecified atom stereocenters. The van der Waals surface area contributed by atoms with Gasteiger partial charge in [-0.3, -0.25) is 9.78 Å². The summed E-state index contributed by atoms with van der Waals surface area (Å²) < 4.78 is 6.86. The van der Waals surface area contributed by atoms with Gasteiger partial charge in [-0.25, -0.2) is 4.98 Å². The molecule has 1 aliphatic heterocycles. The molecule has 1 fully saturated rings. The molecule has 0 spiro atoms. The highest BCUT2D eigenvalue weighted by molar-refractivity contribution is 14.1. The topological polar surface area (TPSA) is 55.3 Å². The van der Waals surface area contributed by atoms with Crippen molar-refractivity contribution in [2.75, 3.05) is 13.1 Å². The van der Waals surface area contributed by atoms with E-state index >= 15 is 0 Å². The first-order valence-corrected chi connectivity index (χ1v) is 7.78. The molecule has 0 bridgehead atoms. The Morgan fingerprint density at radius 2 is 2.10 bits per heavy atom. The maximum Gasteiger partial charge on any atom is 0.253 e. The van der Waals surface area contributed by atoms with E-state index < -0.39 is 0 Å². The van der Waals surface area contributed by atoms with Crippen molar-refractivity contribution in [2.24, 2.45) is 0 Å². The number of carbonyl (C=O) groups excluding carboxylic acids is 1. The minimum Gasteiger partial charge on any atom is -0.471 e. The van der Waals surface area contributed by atoms with Gasteiger partial charge in [0.2, 0.25) is 5.88 Å². The van der Waals surface area contributed by atoms with Gasteiger partial charge in [0.25, 0.3) is 5.91 Å². The molecule has 1 atom stereocenters. The SMILES string of the molecule is O=C(c1ccc(I)cc1)N1CCC(Oc2cnccn2)C1. The number of halogens is 1. The third-order valence-corrected chi connectivity index (χ3v) is 4.07. The largest absolute Gasteiger partial charge is 0.471 e. The van der Waals surface area contributed by atoms with E-state index in [4.69, 9.17) is 4.74 Å². The van der Waals surface area contributed by atoms with Crippen LogP contribution in [0, 0.1) is 3.57 Å². The Hall–Kier alpha value is -1.70. The highest BCUT2D eigenvalue weighted by Crippen LogP contribution is 2.18. The monoisotopic (exact) mass is 395 g/mol. The number of rotatable bonds is 3. The number of amides is 1. The third-order valence-electron chi connectivity index (χ3n) is 3.35. The summed E-state index contributed by atoms with van der Waals surface area (Å²) in [6, 6.07) is 7.61. The molecule has 3 rings (SSSR count). The van der Waals surface area contributed by atoms with E-state index in [1.165, 1.54) is 0 Å². The van der Waals surface area contributed by atoms with Crippen molar-refractivity contribution < 1.29 is 9.53 Å². The molecule has 1 aromatic carbocycles. The molecule has 1 aliphatic rings. The van der Waals surface area contributed by atoms with Crippen molar-refractivity contribution in [1.82, 2.24) is 14.9 Å². The van der Waals surface area contributed by atoms with Crippen molar-refractivity contribution in [3.63, 3.8) is 0 Å². The van der Waals surface area contributed by atoms with Crippen LogP contribution in [0.5, 0.6) is 5.88 Å². The molecule has 0 aliphatic carbocycles. The second-order valence-electron chi connectivity index (χ2n) is 4.83. The minimum atomic E-state index is -0.0190. The van der Waals surface area contributed by atoms with Crippen LogP contribution < -0.4 is 4.74 Å². The minimum absolute atomic E-state index is 0.0190. The normalized spacial score (nSPS) is 17.8. The Labute approximate surface area is 136 Å². The predicted molar refractivity (Wildman–Crippen MR) is 86.1 cm³/mol. The van der Waals surface area contributed by atoms with Crippen LogP contribution >= 0.6 is 22.6 Å². The first kappa shape index (κ1) is 14.2. The van der Waals surface area contributed by atoms with Gasteiger partial charge in [-0.2, -0.15) is 0 Å². The fourth-order valence-electron chi connectivity index (χ4n) is 2.30. The lowest BCUT2D eigenvalue weighted by molar-refractivity contribution is 0.0771. The summed E-state index contributed by atoms with van der Waals surface area (Å²) in [6.45, 7) is 1.29. The molecule has 1 saturated heterocycles. The second-order valence-corrected chi connectivity index (χ2v) is 6.08. The standard InChI is InChI=1S/C15H14IN3O2/c16-12-3-1-11(2-4-12)15(20)19-8-5-13(10-19)21-14-9-17-6-7-18-14/h1-4,6-7,9,13H,5,8,10H2. The number of hydrogen-bond acceptors (Lipinski definition) is 4. The van der Waals surface area contributed by atoms with E-state index in [1.54, 1.807) is 18.6 Å². The van der Waals surface area contributed by atoms with Crippen LogP contribution in [0.25, 0.3) is 0 Å². The zero-order valence-electron chi connectivity index (χ0n) is 11.3. The van der Waals surface area contributed by atoms with Gasteiger partial charge in [0.1, 0.15) is 6.10 Å². The summed E-state index contributed by atoms with van der Waals surface area (Å²) in [5.41, 5.74) is 0.718. The maximum absolute atomic E-state index is 12.4. The molecule has 0 saturated carbocycles. The molecule has 2 heterocycles. The number of hydrogen-bond donors (Lipinski definition) is 0. The van der Waals surface area contributed by atoms with E-state index in [1.807, 2.05) is 29.2 Å². The maximum atomic E-state index is 12.4. The van der Waals surface area contributed by atoms with E-state index in [0.29, 0.717) is 19.0 Å². The van der Waals surface area contributed by atoms with E-state index in [9.17, 15) is 4.79 Å². The van der Waals surface area contributed by atoms with Gasteiger partial charge < -0.3 is 9.64 Å². The number of aromatic nitrogens is 2. The van der Waals surface area contributed by atoms with Gasteiger partial charge in [-0.15, -0.1) is 0 Å². The molecule has 21 heavy (non-hydrogen) atoms. The van der Waals surface area contributed by atoms with Crippen LogP contribution in [0.4, 0.5) is 0 Å². The van der Waals surface area contributed by atoms with E-state index in [-0.39, 0.29) is 12.0 Å². The molecule has 5 nitrogen and oxygen atoms in total. The highest BCUT2D eigenvalue weighted by Gasteiger charge is 2.28. The lowest BCUT2D eigenvalue weighted by Gasteiger charge is -2.17. The summed E-state index contributed by atoms with van der Waals surface area (Å²) in [5.74, 6) is 0.558. The Bertz CT molecular complexity index is 619. The lowest BCUT2D eigenvalue weighted by atomic mass is 10.2. The van der Waals surface area contributed by atoms with Gasteiger partial charge in [0.15, 0.2) is 0 Å². The lowest BCUT2D eigenvalue weighted by Crippen LogP contribution is -2.31. The molecule has 0 radical (unpaired) electrons. The Morgan fingerprint density at radius 3 is 2.81 bits per heavy atom. The van der Waals surface area contributed by atoms with Gasteiger partial charge in [-0.05, 0) is 46.9 Å². The number of nitrogens with zero attached hydrogens (tertiary/aromatic N) is 3. The van der Waals surface area contributed by atoms with Crippen molar-refractivity contribution in [2.45, 2.75) is 12.5 Å². The molecule has 1 aromatic heterocycles. The molecule has 1 amide bonds. The summed E-state index contributed by atoms with van der Waals surface area (Å²) in [4.78, 5) is 22.3. The van der Waals surface area contributed by atoms with Gasteiger partial charge in [0.05, 0.1) is 12.7 Å². The highest BCUT2D eigenvalue weighted by atomic mass is 127. The number of carbonyl (C=O) groups is 1. The summed E-state index contributed by atoms with van der Waals surface area (Å²) >= 11 is 2.23. The number of benzene rings is 1. The van der Waals surface area contributed by atoms with Crippen LogP contribution in [0.1, 0.15) is 16.8 Å². The van der Waals surface area contributed by atoms with Crippen molar-refractivity contribution in [3.05, 3.63) is 52.0 Å². The Kier molecular flexibility index (Phi) is 4.33. The average molecular weight is 395 g/mol. The smallest absolute Gasteiger partial charge is 0.253 e. The molecular formula is C15H14IN3O2. The average Bonchev–Trinajstić information content (AvgIpc) is 2.97. The summed E-state index contributed by atoms with van der Waals surface area (Å²) in [5, 5.41) is 0. The number of ether oxygens (including phenoxy) is 1. The fourth-order valence-corrected chi connectivity index (χ4v) is 2.66. The molecule has 2 aromatic rings. The van der Waals surface area contributed by atoms with Gasteiger partial charge in [-0.1, -0.05) is 0 Å². The summed E-state index contributed by atoms with van der Waals surface area (Å²) in [6.07, 6.45) is 5.58. The molecule has 6 heteroatoms. The van der Waals surface area contributed by atoms with E-state index in [2.05, 4.69) is 32.6 Å². The fraction of sp³-hybridized carbons (Fsp3) is 0.267. The molecule has 108 valence electrons. The zero-order chi connectivity index (χ0) is 14.7. The zero-order valence-corrected chi connectivity index (χ0v) is 13.4. The molecule has 0 N–H and O–H groups in total. The predicted octanol–water partition coefficient (Wildman–Crippen LogP) is 2.37. The Balaban J connectivity index is 1.61. The quantitative estimate of drug-likeness (QED) is 0.749. The van der Waals surface area contributed by atoms with Crippen molar-refractivity contribution in [1.29, 1.82) is 0 Å². The second kappa shape index (κ2) is 6.38. The first-order valence-electron chi connectivity index (χ1n) is 6.70. The van der Waals surface area contributed by atoms with Gasteiger partial charge in [0, 0.05) is 34.5 Å². The van der Waals surface area contributed by atoms with Crippen LogP contribution in [0.3, 0.4) is 0 Å². The van der Waals surface area contributed by atoms with Crippen molar-refractivity contribution >= 4 is 28.5 Å². The Morgan fingerprint density at radius 1 is 1.29 bits per heavy atom. The third kappa shape index (κ3) is 3.49. The summed E-state index contributed by atoms with van der Waals surface area (Å²) in [7, 11) is 0. The van der Waals surface area contributed by atoms with Crippen molar-refractivity contribution in [3.8, 4) is 5.88 Å². The number of likely N-dealkylation sites (tertiary alicyclic amines) is 1. The van der Waals surface area contributed by atoms with E-state index in [0.717, 1.165) is 15.6 Å². The molecular weight excluding hydrogens is 381 g/mol.